The number of para-hydroxylation sites is 2. The van der Waals surface area contributed by atoms with Crippen LogP contribution < -0.4 is 9.64 Å². The van der Waals surface area contributed by atoms with Crippen molar-refractivity contribution >= 4 is 17.1 Å². The van der Waals surface area contributed by atoms with E-state index in [1.807, 2.05) is 0 Å². The third-order valence-corrected chi connectivity index (χ3v) is 14.9. The molecule has 0 N–H and O–H groups in total. The van der Waals surface area contributed by atoms with Crippen molar-refractivity contribution < 1.29 is 4.74 Å². The second kappa shape index (κ2) is 12.8. The van der Waals surface area contributed by atoms with Gasteiger partial charge < -0.3 is 9.64 Å². The van der Waals surface area contributed by atoms with E-state index in [1.54, 1.807) is 0 Å². The van der Waals surface area contributed by atoms with Crippen molar-refractivity contribution in [3.05, 3.63) is 245 Å². The van der Waals surface area contributed by atoms with Crippen molar-refractivity contribution in [1.82, 2.24) is 0 Å². The maximum Gasteiger partial charge on any atom is 0.132 e. The van der Waals surface area contributed by atoms with Crippen LogP contribution in [-0.4, -0.2) is 0 Å². The molecule has 2 aliphatic heterocycles. The largest absolute Gasteiger partial charge is 0.457 e. The van der Waals surface area contributed by atoms with Crippen LogP contribution in [0.1, 0.15) is 72.2 Å². The Hall–Kier alpha value is -7.42. The summed E-state index contributed by atoms with van der Waals surface area (Å²) in [6, 6.07) is 74.7. The predicted octanol–water partition coefficient (Wildman–Crippen LogP) is 15.9. The lowest BCUT2D eigenvalue weighted by Gasteiger charge is -2.49. The zero-order valence-corrected chi connectivity index (χ0v) is 35.9. The number of rotatable bonds is 3. The standard InChI is InChI=1S/C61H45NO/c1-59(2)47-22-12-11-21-43(47)44-31-29-42(35-51(44)59)62-55-32-28-41(39-19-9-6-10-20-39)34-53(55)61(48-23-13-15-25-57(48)63-58-26-16-14-24-49(58)61)54-36-46-45-30-27-40(38-17-7-5-8-18-38)33-50(45)60(3,4)52(46)37-56(54)62/h5-37H,1-4H3. The van der Waals surface area contributed by atoms with Crippen LogP contribution in [0, 0.1) is 0 Å². The third kappa shape index (κ3) is 4.84. The normalized spacial score (nSPS) is 15.8. The number of nitrogens with zero attached hydrogens (tertiary/aromatic N) is 1. The average Bonchev–Trinajstić information content (AvgIpc) is 3.69. The highest BCUT2D eigenvalue weighted by Crippen LogP contribution is 2.65. The van der Waals surface area contributed by atoms with Gasteiger partial charge in [0, 0.05) is 27.6 Å². The Labute approximate surface area is 369 Å². The molecule has 0 aromatic heterocycles. The topological polar surface area (TPSA) is 12.5 Å². The fourth-order valence-corrected chi connectivity index (χ4v) is 11.9. The summed E-state index contributed by atoms with van der Waals surface area (Å²) in [5, 5.41) is 0. The fourth-order valence-electron chi connectivity index (χ4n) is 11.9. The highest BCUT2D eigenvalue weighted by atomic mass is 16.5. The Morgan fingerprint density at radius 1 is 0.317 bits per heavy atom. The van der Waals surface area contributed by atoms with Crippen LogP contribution in [0.2, 0.25) is 0 Å². The number of ether oxygens (including phenoxy) is 1. The molecule has 1 spiro atoms. The van der Waals surface area contributed by atoms with Gasteiger partial charge in [0.05, 0.1) is 16.8 Å². The summed E-state index contributed by atoms with van der Waals surface area (Å²) in [4.78, 5) is 2.58. The minimum atomic E-state index is -0.713. The molecule has 63 heavy (non-hydrogen) atoms. The van der Waals surface area contributed by atoms with Crippen LogP contribution in [0.15, 0.2) is 200 Å². The predicted molar refractivity (Wildman–Crippen MR) is 259 cm³/mol. The van der Waals surface area contributed by atoms with E-state index in [2.05, 4.69) is 233 Å². The molecule has 9 aromatic rings. The lowest BCUT2D eigenvalue weighted by molar-refractivity contribution is 0.434. The smallest absolute Gasteiger partial charge is 0.132 e. The van der Waals surface area contributed by atoms with Crippen LogP contribution in [0.4, 0.5) is 17.1 Å². The zero-order valence-electron chi connectivity index (χ0n) is 35.9. The minimum Gasteiger partial charge on any atom is -0.457 e. The summed E-state index contributed by atoms with van der Waals surface area (Å²) < 4.78 is 6.89. The van der Waals surface area contributed by atoms with Crippen molar-refractivity contribution in [2.45, 2.75) is 43.9 Å². The van der Waals surface area contributed by atoms with Crippen LogP contribution in [0.5, 0.6) is 11.5 Å². The second-order valence-corrected chi connectivity index (χ2v) is 18.8. The van der Waals surface area contributed by atoms with Crippen LogP contribution in [0.3, 0.4) is 0 Å². The molecule has 0 bridgehead atoms. The van der Waals surface area contributed by atoms with Crippen molar-refractivity contribution in [2.75, 3.05) is 4.90 Å². The van der Waals surface area contributed by atoms with Crippen LogP contribution in [0.25, 0.3) is 44.5 Å². The van der Waals surface area contributed by atoms with Gasteiger partial charge in [-0.2, -0.15) is 0 Å². The summed E-state index contributed by atoms with van der Waals surface area (Å²) in [7, 11) is 0. The second-order valence-electron chi connectivity index (χ2n) is 18.8. The summed E-state index contributed by atoms with van der Waals surface area (Å²) in [5.74, 6) is 1.77. The molecule has 0 atom stereocenters. The van der Waals surface area contributed by atoms with Gasteiger partial charge in [-0.15, -0.1) is 0 Å². The number of anilines is 3. The lowest BCUT2D eigenvalue weighted by atomic mass is 9.60. The molecule has 0 saturated carbocycles. The number of fused-ring (bicyclic) bond motifs is 14. The van der Waals surface area contributed by atoms with E-state index in [0.717, 1.165) is 28.3 Å². The van der Waals surface area contributed by atoms with Gasteiger partial charge in [0.1, 0.15) is 11.5 Å². The van der Waals surface area contributed by atoms with Crippen molar-refractivity contribution in [2.24, 2.45) is 0 Å². The maximum absolute atomic E-state index is 6.89. The Kier molecular flexibility index (Phi) is 7.37. The molecule has 13 rings (SSSR count). The maximum atomic E-state index is 6.89. The lowest BCUT2D eigenvalue weighted by Crippen LogP contribution is -2.40. The Balaban J connectivity index is 1.15. The Bertz CT molecular complexity index is 3330. The molecule has 2 nitrogen and oxygen atoms in total. The fraction of sp³-hybridized carbons (Fsp3) is 0.115. The van der Waals surface area contributed by atoms with Gasteiger partial charge in [-0.25, -0.2) is 0 Å². The van der Waals surface area contributed by atoms with Gasteiger partial charge in [0.15, 0.2) is 0 Å². The van der Waals surface area contributed by atoms with Gasteiger partial charge in [-0.1, -0.05) is 173 Å². The van der Waals surface area contributed by atoms with E-state index >= 15 is 0 Å². The molecule has 0 fully saturated rings. The van der Waals surface area contributed by atoms with E-state index in [1.165, 1.54) is 89.3 Å². The SMILES string of the molecule is CC1(C)c2ccccc2-c2ccc(N3c4ccc(-c5ccccc5)cc4C4(c5ccccc5Oc5ccccc54)c4cc5c(cc43)C(C)(C)c3cc(-c4ccccc4)ccc3-5)cc21. The van der Waals surface area contributed by atoms with Crippen molar-refractivity contribution in [3.63, 3.8) is 0 Å². The first kappa shape index (κ1) is 36.3. The minimum absolute atomic E-state index is 0.154. The van der Waals surface area contributed by atoms with Crippen LogP contribution in [-0.2, 0) is 16.2 Å². The van der Waals surface area contributed by atoms with Crippen molar-refractivity contribution in [1.29, 1.82) is 0 Å². The van der Waals surface area contributed by atoms with E-state index in [4.69, 9.17) is 4.74 Å². The van der Waals surface area contributed by atoms with Crippen molar-refractivity contribution in [3.8, 4) is 56.0 Å². The molecule has 9 aromatic carbocycles. The van der Waals surface area contributed by atoms with E-state index in [-0.39, 0.29) is 10.8 Å². The van der Waals surface area contributed by atoms with Gasteiger partial charge in [-0.3, -0.25) is 0 Å². The Morgan fingerprint density at radius 2 is 0.794 bits per heavy atom. The van der Waals surface area contributed by atoms with Gasteiger partial charge in [-0.05, 0) is 132 Å². The molecular formula is C61H45NO. The molecule has 0 radical (unpaired) electrons. The molecule has 0 unspecified atom stereocenters. The number of hydrogen-bond acceptors (Lipinski definition) is 2. The van der Waals surface area contributed by atoms with Crippen LogP contribution >= 0.6 is 0 Å². The Morgan fingerprint density at radius 3 is 1.48 bits per heavy atom. The van der Waals surface area contributed by atoms with E-state index in [9.17, 15) is 0 Å². The average molecular weight is 808 g/mol. The van der Waals surface area contributed by atoms with Gasteiger partial charge in [0.25, 0.3) is 0 Å². The molecule has 0 saturated heterocycles. The van der Waals surface area contributed by atoms with Gasteiger partial charge in [0.2, 0.25) is 0 Å². The first-order valence-corrected chi connectivity index (χ1v) is 22.3. The monoisotopic (exact) mass is 807 g/mol. The quantitative estimate of drug-likeness (QED) is 0.176. The van der Waals surface area contributed by atoms with E-state index < -0.39 is 5.41 Å². The first-order chi connectivity index (χ1) is 30.7. The summed E-state index contributed by atoms with van der Waals surface area (Å²) in [6.07, 6.45) is 0. The molecule has 2 heteroatoms. The third-order valence-electron chi connectivity index (χ3n) is 14.9. The van der Waals surface area contributed by atoms with Gasteiger partial charge >= 0.3 is 0 Å². The van der Waals surface area contributed by atoms with E-state index in [0.29, 0.717) is 0 Å². The highest BCUT2D eigenvalue weighted by molar-refractivity contribution is 5.97. The molecule has 2 aliphatic carbocycles. The first-order valence-electron chi connectivity index (χ1n) is 22.3. The molecular weight excluding hydrogens is 763 g/mol. The summed E-state index contributed by atoms with van der Waals surface area (Å²) in [6.45, 7) is 9.59. The number of hydrogen-bond donors (Lipinski definition) is 0. The molecule has 0 amide bonds. The molecule has 4 aliphatic rings. The highest BCUT2D eigenvalue weighted by Gasteiger charge is 2.53. The molecule has 300 valence electrons. The molecule has 2 heterocycles. The zero-order chi connectivity index (χ0) is 42.2. The number of benzene rings is 9. The summed E-state index contributed by atoms with van der Waals surface area (Å²) in [5.41, 5.74) is 22.7. The summed E-state index contributed by atoms with van der Waals surface area (Å²) >= 11 is 0.